The highest BCUT2D eigenvalue weighted by atomic mass is 19.1. The molecule has 0 aliphatic heterocycles. The summed E-state index contributed by atoms with van der Waals surface area (Å²) in [4.78, 5) is 11.7. The predicted octanol–water partition coefficient (Wildman–Crippen LogP) is 2.30. The number of aromatic hydroxyl groups is 1. The second kappa shape index (κ2) is 6.51. The maximum Gasteiger partial charge on any atom is 0.271 e. The Morgan fingerprint density at radius 2 is 2.00 bits per heavy atom. The second-order valence-corrected chi connectivity index (χ2v) is 4.10. The van der Waals surface area contributed by atoms with Crippen LogP contribution in [0.4, 0.5) is 4.39 Å². The first kappa shape index (κ1) is 14.5. The molecule has 0 heterocycles. The van der Waals surface area contributed by atoms with E-state index < -0.39 is 11.7 Å². The molecule has 1 amide bonds. The summed E-state index contributed by atoms with van der Waals surface area (Å²) in [6.07, 6.45) is 1.29. The van der Waals surface area contributed by atoms with Gasteiger partial charge >= 0.3 is 0 Å². The number of phenols is 1. The van der Waals surface area contributed by atoms with Crippen LogP contribution in [0.5, 0.6) is 11.5 Å². The predicted molar refractivity (Wildman–Crippen MR) is 76.1 cm³/mol. The van der Waals surface area contributed by atoms with Crippen molar-refractivity contribution >= 4 is 12.1 Å². The molecule has 0 atom stereocenters. The largest absolute Gasteiger partial charge is 0.504 e. The van der Waals surface area contributed by atoms with Gasteiger partial charge in [0.25, 0.3) is 5.91 Å². The summed E-state index contributed by atoms with van der Waals surface area (Å²) in [7, 11) is 1.44. The van der Waals surface area contributed by atoms with Crippen LogP contribution in [0.1, 0.15) is 15.9 Å². The van der Waals surface area contributed by atoms with Crippen molar-refractivity contribution < 1.29 is 19.0 Å². The van der Waals surface area contributed by atoms with E-state index in [0.29, 0.717) is 11.3 Å². The molecule has 6 heteroatoms. The van der Waals surface area contributed by atoms with Gasteiger partial charge in [-0.2, -0.15) is 5.10 Å². The summed E-state index contributed by atoms with van der Waals surface area (Å²) < 4.78 is 17.7. The number of ether oxygens (including phenoxy) is 1. The molecule has 0 bridgehead atoms. The first-order valence-electron chi connectivity index (χ1n) is 6.06. The molecule has 0 saturated heterocycles. The van der Waals surface area contributed by atoms with Gasteiger partial charge in [0.15, 0.2) is 11.5 Å². The quantitative estimate of drug-likeness (QED) is 0.670. The van der Waals surface area contributed by atoms with Crippen LogP contribution in [0.3, 0.4) is 0 Å². The average molecular weight is 288 g/mol. The van der Waals surface area contributed by atoms with Crippen molar-refractivity contribution in [1.29, 1.82) is 0 Å². The Kier molecular flexibility index (Phi) is 4.50. The normalized spacial score (nSPS) is 10.6. The van der Waals surface area contributed by atoms with Gasteiger partial charge in [-0.15, -0.1) is 0 Å². The van der Waals surface area contributed by atoms with E-state index in [4.69, 9.17) is 4.74 Å². The van der Waals surface area contributed by atoms with E-state index in [-0.39, 0.29) is 11.3 Å². The minimum absolute atomic E-state index is 0.0696. The molecule has 2 aromatic rings. The number of nitrogens with zero attached hydrogens (tertiary/aromatic N) is 1. The number of phenolic OH excluding ortho intramolecular Hbond substituents is 1. The van der Waals surface area contributed by atoms with Crippen molar-refractivity contribution in [3.05, 3.63) is 59.4 Å². The van der Waals surface area contributed by atoms with E-state index >= 15 is 0 Å². The second-order valence-electron chi connectivity index (χ2n) is 4.10. The third-order valence-corrected chi connectivity index (χ3v) is 2.73. The number of halogens is 1. The molecule has 21 heavy (non-hydrogen) atoms. The summed E-state index contributed by atoms with van der Waals surface area (Å²) in [5.41, 5.74) is 2.97. The number of para-hydroxylation sites is 1. The SMILES string of the molecule is COc1cccc(/C=N\NC(=O)c2ccc(F)cc2)c1O. The Morgan fingerprint density at radius 1 is 1.29 bits per heavy atom. The number of benzene rings is 2. The maximum atomic E-state index is 12.7. The van der Waals surface area contributed by atoms with E-state index in [0.717, 1.165) is 0 Å². The average Bonchev–Trinajstić information content (AvgIpc) is 2.49. The number of carbonyl (C=O) groups excluding carboxylic acids is 1. The third kappa shape index (κ3) is 3.56. The van der Waals surface area contributed by atoms with Gasteiger partial charge in [-0.1, -0.05) is 6.07 Å². The lowest BCUT2D eigenvalue weighted by molar-refractivity contribution is 0.0955. The van der Waals surface area contributed by atoms with Crippen molar-refractivity contribution in [2.75, 3.05) is 7.11 Å². The highest BCUT2D eigenvalue weighted by Gasteiger charge is 2.06. The standard InChI is InChI=1S/C15H13FN2O3/c1-21-13-4-2-3-11(14(13)19)9-17-18-15(20)10-5-7-12(16)8-6-10/h2-9,19H,1H3,(H,18,20)/b17-9-. The monoisotopic (exact) mass is 288 g/mol. The summed E-state index contributed by atoms with van der Waals surface area (Å²) in [5, 5.41) is 13.6. The van der Waals surface area contributed by atoms with Gasteiger partial charge in [0.2, 0.25) is 0 Å². The fourth-order valence-electron chi connectivity index (χ4n) is 1.63. The smallest absolute Gasteiger partial charge is 0.271 e. The third-order valence-electron chi connectivity index (χ3n) is 2.73. The maximum absolute atomic E-state index is 12.7. The van der Waals surface area contributed by atoms with E-state index in [1.807, 2.05) is 0 Å². The molecular weight excluding hydrogens is 275 g/mol. The molecule has 0 unspecified atom stereocenters. The van der Waals surface area contributed by atoms with Crippen molar-refractivity contribution in [2.45, 2.75) is 0 Å². The van der Waals surface area contributed by atoms with Gasteiger partial charge in [-0.25, -0.2) is 9.82 Å². The van der Waals surface area contributed by atoms with E-state index in [1.165, 1.54) is 37.6 Å². The van der Waals surface area contributed by atoms with Crippen LogP contribution in [0.15, 0.2) is 47.6 Å². The minimum Gasteiger partial charge on any atom is -0.504 e. The molecule has 0 spiro atoms. The summed E-state index contributed by atoms with van der Waals surface area (Å²) in [6.45, 7) is 0. The van der Waals surface area contributed by atoms with Gasteiger partial charge in [0.1, 0.15) is 5.82 Å². The van der Waals surface area contributed by atoms with Crippen molar-refractivity contribution in [2.24, 2.45) is 5.10 Å². The number of nitrogens with one attached hydrogen (secondary N) is 1. The van der Waals surface area contributed by atoms with E-state index in [9.17, 15) is 14.3 Å². The Labute approximate surface area is 120 Å². The van der Waals surface area contributed by atoms with Crippen LogP contribution in [0.2, 0.25) is 0 Å². The van der Waals surface area contributed by atoms with E-state index in [1.54, 1.807) is 18.2 Å². The van der Waals surface area contributed by atoms with Crippen molar-refractivity contribution in [1.82, 2.24) is 5.43 Å². The fraction of sp³-hybridized carbons (Fsp3) is 0.0667. The first-order chi connectivity index (χ1) is 10.1. The van der Waals surface area contributed by atoms with Crippen LogP contribution in [0, 0.1) is 5.82 Å². The molecule has 0 saturated carbocycles. The minimum atomic E-state index is -0.478. The Bertz CT molecular complexity index is 669. The molecular formula is C15H13FN2O3. The topological polar surface area (TPSA) is 70.9 Å². The Balaban J connectivity index is 2.05. The number of methoxy groups -OCH3 is 1. The van der Waals surface area contributed by atoms with E-state index in [2.05, 4.69) is 10.5 Å². The Hall–Kier alpha value is -2.89. The first-order valence-corrected chi connectivity index (χ1v) is 6.06. The van der Waals surface area contributed by atoms with Gasteiger partial charge in [-0.3, -0.25) is 4.79 Å². The molecule has 0 aliphatic carbocycles. The molecule has 2 N–H and O–H groups in total. The zero-order valence-corrected chi connectivity index (χ0v) is 11.2. The number of carbonyl (C=O) groups is 1. The van der Waals surface area contributed by atoms with Gasteiger partial charge in [0, 0.05) is 11.1 Å². The number of amides is 1. The molecule has 0 radical (unpaired) electrons. The van der Waals surface area contributed by atoms with Crippen molar-refractivity contribution in [3.8, 4) is 11.5 Å². The zero-order chi connectivity index (χ0) is 15.2. The lowest BCUT2D eigenvalue weighted by Crippen LogP contribution is -2.17. The lowest BCUT2D eigenvalue weighted by atomic mass is 10.2. The fourth-order valence-corrected chi connectivity index (χ4v) is 1.63. The molecule has 2 aromatic carbocycles. The van der Waals surface area contributed by atoms with Gasteiger partial charge in [-0.05, 0) is 36.4 Å². The molecule has 5 nitrogen and oxygen atoms in total. The number of rotatable bonds is 4. The van der Waals surface area contributed by atoms with Crippen LogP contribution in [-0.2, 0) is 0 Å². The van der Waals surface area contributed by atoms with Crippen molar-refractivity contribution in [3.63, 3.8) is 0 Å². The molecule has 0 aliphatic rings. The lowest BCUT2D eigenvalue weighted by Gasteiger charge is -2.05. The molecule has 108 valence electrons. The summed E-state index contributed by atoms with van der Waals surface area (Å²) in [5.74, 6) is -0.659. The summed E-state index contributed by atoms with van der Waals surface area (Å²) >= 11 is 0. The molecule has 0 aromatic heterocycles. The van der Waals surface area contributed by atoms with Crippen LogP contribution in [0.25, 0.3) is 0 Å². The van der Waals surface area contributed by atoms with Gasteiger partial charge in [0.05, 0.1) is 13.3 Å². The highest BCUT2D eigenvalue weighted by molar-refractivity contribution is 5.95. The number of hydrogen-bond acceptors (Lipinski definition) is 4. The highest BCUT2D eigenvalue weighted by Crippen LogP contribution is 2.27. The number of hydrogen-bond donors (Lipinski definition) is 2. The molecule has 2 rings (SSSR count). The van der Waals surface area contributed by atoms with Gasteiger partial charge < -0.3 is 9.84 Å². The number of hydrazone groups is 1. The Morgan fingerprint density at radius 3 is 2.67 bits per heavy atom. The van der Waals surface area contributed by atoms with Crippen LogP contribution in [-0.4, -0.2) is 24.3 Å². The van der Waals surface area contributed by atoms with Crippen LogP contribution >= 0.6 is 0 Å². The molecule has 0 fully saturated rings. The van der Waals surface area contributed by atoms with Crippen LogP contribution < -0.4 is 10.2 Å². The summed E-state index contributed by atoms with van der Waals surface area (Å²) in [6, 6.07) is 9.97. The zero-order valence-electron chi connectivity index (χ0n) is 11.2.